The zero-order chi connectivity index (χ0) is 30.3. The molecule has 2 unspecified atom stereocenters. The average molecular weight is 617 g/mol. The molecule has 0 radical (unpaired) electrons. The third kappa shape index (κ3) is 9.49. The third-order valence-corrected chi connectivity index (χ3v) is 9.12. The van der Waals surface area contributed by atoms with Crippen LogP contribution in [0.3, 0.4) is 0 Å². The largest absolute Gasteiger partial charge is 0.490 e. The van der Waals surface area contributed by atoms with Crippen molar-refractivity contribution in [1.82, 2.24) is 10.2 Å². The van der Waals surface area contributed by atoms with Gasteiger partial charge in [-0.3, -0.25) is 14.5 Å². The number of fused-ring (bicyclic) bond motifs is 2. The van der Waals surface area contributed by atoms with Crippen LogP contribution in [0.5, 0.6) is 0 Å². The molecule has 16 heteroatoms. The standard InChI is InChI=1S/C23H39N3O7S.C2HF3O2/c1-2-31-22(28)23(10-4-3-5-11-23)16-32-34(29,30)33-20-15-26-14-17(20)6-7-19(26)21(27)25-18-8-12-24-13-9-18;3-2(4,5)1(6)7/h17-20,24H,2-16H2,1H3,(H,25,27);(H,6,7)/p+1/t17-,19+,20?;/m1./s1. The highest BCUT2D eigenvalue weighted by molar-refractivity contribution is 7.81. The minimum atomic E-state index is -5.08. The average Bonchev–Trinajstić information content (AvgIpc) is 3.22. The van der Waals surface area contributed by atoms with Crippen LogP contribution in [-0.2, 0) is 37.9 Å². The van der Waals surface area contributed by atoms with Crippen molar-refractivity contribution in [2.75, 3.05) is 39.4 Å². The van der Waals surface area contributed by atoms with Crippen LogP contribution in [0.4, 0.5) is 13.2 Å². The SMILES string of the molecule is CCOC(=O)C1(COS(=O)(=O)OC2CN3C[C@H]2CC[C@H]3C(=O)NC2CC[NH2+]CC2)CCCCC1.O=C(O)C(F)(F)F. The Bertz CT molecular complexity index is 1020. The lowest BCUT2D eigenvalue weighted by Crippen LogP contribution is -2.87. The molecule has 4 N–H and O–H groups in total. The van der Waals surface area contributed by atoms with E-state index in [2.05, 4.69) is 10.6 Å². The highest BCUT2D eigenvalue weighted by Crippen LogP contribution is 2.39. The van der Waals surface area contributed by atoms with Crippen molar-refractivity contribution in [2.45, 2.75) is 89.1 Å². The molecule has 1 amide bonds. The number of hydrogen-bond donors (Lipinski definition) is 3. The number of esters is 1. The van der Waals surface area contributed by atoms with Crippen LogP contribution >= 0.6 is 0 Å². The molecule has 4 atom stereocenters. The molecular formula is C25H41F3N3O9S+. The number of alkyl halides is 3. The zero-order valence-electron chi connectivity index (χ0n) is 23.2. The van der Waals surface area contributed by atoms with Crippen LogP contribution in [0.1, 0.15) is 64.7 Å². The number of quaternary nitrogens is 1. The van der Waals surface area contributed by atoms with E-state index in [0.29, 0.717) is 32.4 Å². The first kappa shape index (κ1) is 33.5. The van der Waals surface area contributed by atoms with Gasteiger partial charge < -0.3 is 20.5 Å². The number of hydrogen-bond acceptors (Lipinski definition) is 9. The normalized spacial score (nSPS) is 28.2. The van der Waals surface area contributed by atoms with Crippen molar-refractivity contribution >= 4 is 28.2 Å². The molecule has 1 saturated carbocycles. The summed E-state index contributed by atoms with van der Waals surface area (Å²) in [4.78, 5) is 36.4. The molecule has 3 heterocycles. The van der Waals surface area contributed by atoms with Gasteiger partial charge in [0.15, 0.2) is 0 Å². The van der Waals surface area contributed by atoms with Crippen molar-refractivity contribution in [1.29, 1.82) is 0 Å². The number of carbonyl (C=O) groups is 3. The fourth-order valence-corrected chi connectivity index (χ4v) is 6.96. The molecule has 236 valence electrons. The smallest absolute Gasteiger partial charge is 0.475 e. The number of nitrogens with two attached hydrogens (primary N) is 1. The van der Waals surface area contributed by atoms with Crippen LogP contribution in [0, 0.1) is 11.3 Å². The van der Waals surface area contributed by atoms with E-state index in [4.69, 9.17) is 23.0 Å². The second-order valence-electron chi connectivity index (χ2n) is 11.1. The van der Waals surface area contributed by atoms with Crippen LogP contribution in [0.2, 0.25) is 0 Å². The second-order valence-corrected chi connectivity index (χ2v) is 12.4. The van der Waals surface area contributed by atoms with Crippen molar-refractivity contribution in [3.63, 3.8) is 0 Å². The number of nitrogens with zero attached hydrogens (tertiary/aromatic N) is 1. The number of carboxylic acid groups (broad SMARTS) is 1. The minimum absolute atomic E-state index is 0.0405. The number of carboxylic acids is 1. The summed E-state index contributed by atoms with van der Waals surface area (Å²) in [5.74, 6) is -3.07. The number of amides is 1. The first-order valence-electron chi connectivity index (χ1n) is 14.2. The van der Waals surface area contributed by atoms with Crippen molar-refractivity contribution < 1.29 is 59.5 Å². The molecule has 4 fully saturated rings. The number of halogens is 3. The Morgan fingerprint density at radius 2 is 1.68 bits per heavy atom. The van der Waals surface area contributed by atoms with E-state index < -0.39 is 40.0 Å². The van der Waals surface area contributed by atoms with Crippen LogP contribution in [0.15, 0.2) is 0 Å². The number of aliphatic carboxylic acids is 1. The number of carbonyl (C=O) groups excluding carboxylic acids is 2. The van der Waals surface area contributed by atoms with Gasteiger partial charge in [0.1, 0.15) is 0 Å². The Morgan fingerprint density at radius 3 is 2.27 bits per heavy atom. The van der Waals surface area contributed by atoms with E-state index >= 15 is 0 Å². The van der Waals surface area contributed by atoms with Crippen molar-refractivity contribution in [2.24, 2.45) is 11.3 Å². The molecule has 0 aromatic carbocycles. The molecule has 0 spiro atoms. The van der Waals surface area contributed by atoms with Crippen LogP contribution in [0.25, 0.3) is 0 Å². The van der Waals surface area contributed by atoms with Crippen molar-refractivity contribution in [3.8, 4) is 0 Å². The third-order valence-electron chi connectivity index (χ3n) is 8.23. The lowest BCUT2D eigenvalue weighted by atomic mass is 9.75. The lowest BCUT2D eigenvalue weighted by molar-refractivity contribution is -0.663. The molecule has 41 heavy (non-hydrogen) atoms. The fourth-order valence-electron chi connectivity index (χ4n) is 6.02. The molecule has 3 aliphatic heterocycles. The van der Waals surface area contributed by atoms with Crippen LogP contribution in [-0.4, -0.2) is 100 Å². The van der Waals surface area contributed by atoms with Gasteiger partial charge in [-0.05, 0) is 32.6 Å². The quantitative estimate of drug-likeness (QED) is 0.314. The van der Waals surface area contributed by atoms with E-state index in [1.807, 2.05) is 4.90 Å². The molecular weight excluding hydrogens is 575 g/mol. The van der Waals surface area contributed by atoms with Gasteiger partial charge in [0, 0.05) is 37.9 Å². The monoisotopic (exact) mass is 616 g/mol. The maximum Gasteiger partial charge on any atom is 0.490 e. The summed E-state index contributed by atoms with van der Waals surface area (Å²) in [5.41, 5.74) is -0.931. The Morgan fingerprint density at radius 1 is 1.05 bits per heavy atom. The highest BCUT2D eigenvalue weighted by Gasteiger charge is 2.47. The van der Waals surface area contributed by atoms with Gasteiger partial charge in [-0.1, -0.05) is 19.3 Å². The van der Waals surface area contributed by atoms with Gasteiger partial charge in [-0.25, -0.2) is 13.2 Å². The second kappa shape index (κ2) is 14.4. The zero-order valence-corrected chi connectivity index (χ0v) is 24.0. The van der Waals surface area contributed by atoms with Gasteiger partial charge >= 0.3 is 28.5 Å². The predicted molar refractivity (Wildman–Crippen MR) is 136 cm³/mol. The molecule has 3 saturated heterocycles. The summed E-state index contributed by atoms with van der Waals surface area (Å²) in [7, 11) is -4.29. The predicted octanol–water partition coefficient (Wildman–Crippen LogP) is 0.716. The molecule has 1 aliphatic carbocycles. The fraction of sp³-hybridized carbons (Fsp3) is 0.880. The summed E-state index contributed by atoms with van der Waals surface area (Å²) in [6.07, 6.45) is 1.56. The van der Waals surface area contributed by atoms with E-state index in [1.54, 1.807) is 6.92 Å². The molecule has 4 aliphatic rings. The Balaban J connectivity index is 0.000000587. The molecule has 2 bridgehead atoms. The Labute approximate surface area is 237 Å². The summed E-state index contributed by atoms with van der Waals surface area (Å²) in [6.45, 7) is 4.83. The highest BCUT2D eigenvalue weighted by atomic mass is 32.3. The molecule has 12 nitrogen and oxygen atoms in total. The van der Waals surface area contributed by atoms with Gasteiger partial charge in [-0.2, -0.15) is 21.6 Å². The van der Waals surface area contributed by atoms with Crippen molar-refractivity contribution in [3.05, 3.63) is 0 Å². The molecule has 0 aromatic rings. The van der Waals surface area contributed by atoms with E-state index in [0.717, 1.165) is 51.6 Å². The van der Waals surface area contributed by atoms with E-state index in [9.17, 15) is 31.2 Å². The van der Waals surface area contributed by atoms with Gasteiger partial charge in [0.2, 0.25) is 5.91 Å². The first-order valence-corrected chi connectivity index (χ1v) is 15.5. The number of piperidine rings is 2. The van der Waals surface area contributed by atoms with Crippen LogP contribution < -0.4 is 10.6 Å². The number of nitrogens with one attached hydrogen (secondary N) is 1. The summed E-state index contributed by atoms with van der Waals surface area (Å²) >= 11 is 0. The first-order chi connectivity index (χ1) is 19.3. The molecule has 0 aromatic heterocycles. The van der Waals surface area contributed by atoms with Gasteiger partial charge in [-0.15, -0.1) is 0 Å². The topological polar surface area (TPSA) is 165 Å². The number of ether oxygens (including phenoxy) is 1. The van der Waals surface area contributed by atoms with E-state index in [1.165, 1.54) is 0 Å². The maximum atomic E-state index is 12.9. The summed E-state index contributed by atoms with van der Waals surface area (Å²) in [6, 6.07) is -0.0149. The summed E-state index contributed by atoms with van der Waals surface area (Å²) in [5, 5.41) is 12.6. The summed E-state index contributed by atoms with van der Waals surface area (Å²) < 4.78 is 73.2. The Hall–Kier alpha value is -2.01. The maximum absolute atomic E-state index is 12.9. The minimum Gasteiger partial charge on any atom is -0.475 e. The van der Waals surface area contributed by atoms with Gasteiger partial charge in [0.25, 0.3) is 0 Å². The van der Waals surface area contributed by atoms with E-state index in [-0.39, 0.29) is 37.1 Å². The number of rotatable bonds is 9. The van der Waals surface area contributed by atoms with Gasteiger partial charge in [0.05, 0.1) is 43.9 Å². The Kier molecular flexibility index (Phi) is 11.8. The molecule has 4 rings (SSSR count). The lowest BCUT2D eigenvalue weighted by Gasteiger charge is -2.34.